The van der Waals surface area contributed by atoms with E-state index in [1.165, 1.54) is 19.2 Å². The van der Waals surface area contributed by atoms with Gasteiger partial charge in [0.2, 0.25) is 0 Å². The number of amides is 1. The number of rotatable bonds is 5. The molecule has 0 heterocycles. The molecule has 2 rings (SSSR count). The molecule has 0 aliphatic carbocycles. The number of nitro groups is 1. The summed E-state index contributed by atoms with van der Waals surface area (Å²) < 4.78 is 5.16. The van der Waals surface area contributed by atoms with Crippen LogP contribution in [0.2, 0.25) is 5.02 Å². The third kappa shape index (κ3) is 3.57. The van der Waals surface area contributed by atoms with Gasteiger partial charge >= 0.3 is 0 Å². The van der Waals surface area contributed by atoms with E-state index in [0.29, 0.717) is 17.0 Å². The molecule has 7 nitrogen and oxygen atoms in total. The van der Waals surface area contributed by atoms with Gasteiger partial charge in [-0.3, -0.25) is 14.9 Å². The number of methoxy groups -OCH3 is 1. The molecule has 0 bridgehead atoms. The minimum Gasteiger partial charge on any atom is -0.496 e. The van der Waals surface area contributed by atoms with Gasteiger partial charge < -0.3 is 15.0 Å². The fourth-order valence-corrected chi connectivity index (χ4v) is 2.38. The van der Waals surface area contributed by atoms with Gasteiger partial charge in [0, 0.05) is 20.2 Å². The second kappa shape index (κ2) is 7.18. The Balaban J connectivity index is 2.41. The van der Waals surface area contributed by atoms with Crippen LogP contribution in [0.4, 0.5) is 17.1 Å². The highest BCUT2D eigenvalue weighted by Gasteiger charge is 2.21. The number of anilines is 2. The monoisotopic (exact) mass is 349 g/mol. The number of carbonyl (C=O) groups is 1. The minimum atomic E-state index is -0.521. The summed E-state index contributed by atoms with van der Waals surface area (Å²) in [5.41, 5.74) is 0.808. The molecule has 1 amide bonds. The van der Waals surface area contributed by atoms with Crippen molar-refractivity contribution in [3.63, 3.8) is 0 Å². The molecule has 8 heteroatoms. The smallest absolute Gasteiger partial charge is 0.294 e. The van der Waals surface area contributed by atoms with Crippen LogP contribution in [0, 0.1) is 10.1 Å². The van der Waals surface area contributed by atoms with E-state index in [0.717, 1.165) is 0 Å². The fourth-order valence-electron chi connectivity index (χ4n) is 2.17. The highest BCUT2D eigenvalue weighted by atomic mass is 35.5. The lowest BCUT2D eigenvalue weighted by atomic mass is 10.1. The molecule has 126 valence electrons. The number of nitro benzene ring substituents is 1. The second-order valence-electron chi connectivity index (χ2n) is 5.13. The van der Waals surface area contributed by atoms with Crippen LogP contribution in [0.3, 0.4) is 0 Å². The topological polar surface area (TPSA) is 84.7 Å². The fraction of sp³-hybridized carbons (Fsp3) is 0.188. The Bertz CT molecular complexity index is 793. The number of hydrogen-bond donors (Lipinski definition) is 1. The lowest BCUT2D eigenvalue weighted by molar-refractivity contribution is -0.384. The van der Waals surface area contributed by atoms with Crippen molar-refractivity contribution in [2.75, 3.05) is 31.4 Å². The summed E-state index contributed by atoms with van der Waals surface area (Å²) in [4.78, 5) is 24.6. The van der Waals surface area contributed by atoms with Crippen LogP contribution in [-0.2, 0) is 0 Å². The number of para-hydroxylation sites is 1. The number of benzene rings is 2. The van der Waals surface area contributed by atoms with Crippen molar-refractivity contribution in [2.24, 2.45) is 0 Å². The van der Waals surface area contributed by atoms with Gasteiger partial charge in [0.15, 0.2) is 0 Å². The van der Waals surface area contributed by atoms with E-state index >= 15 is 0 Å². The molecule has 0 spiro atoms. The van der Waals surface area contributed by atoms with Crippen LogP contribution in [0.25, 0.3) is 0 Å². The van der Waals surface area contributed by atoms with Crippen molar-refractivity contribution in [2.45, 2.75) is 0 Å². The number of nitrogens with one attached hydrogen (secondary N) is 1. The van der Waals surface area contributed by atoms with Gasteiger partial charge in [0.1, 0.15) is 11.4 Å². The molecule has 24 heavy (non-hydrogen) atoms. The lowest BCUT2D eigenvalue weighted by Crippen LogP contribution is -2.15. The summed E-state index contributed by atoms with van der Waals surface area (Å²) in [6.45, 7) is 0. The standard InChI is InChI=1S/C16H16ClN3O4/c1-19(2)13-9-12(11(17)8-14(13)20(22)23)18-16(21)10-6-4-5-7-15(10)24-3/h4-9H,1-3H3,(H,18,21). The Hall–Kier alpha value is -2.80. The first-order valence-electron chi connectivity index (χ1n) is 6.94. The summed E-state index contributed by atoms with van der Waals surface area (Å²) in [7, 11) is 4.80. The molecular weight excluding hydrogens is 334 g/mol. The average Bonchev–Trinajstić information content (AvgIpc) is 2.55. The van der Waals surface area contributed by atoms with Gasteiger partial charge in [-0.1, -0.05) is 23.7 Å². The van der Waals surface area contributed by atoms with Crippen LogP contribution < -0.4 is 15.0 Å². The van der Waals surface area contributed by atoms with Crippen molar-refractivity contribution < 1.29 is 14.5 Å². The molecule has 0 aromatic heterocycles. The maximum Gasteiger partial charge on any atom is 0.294 e. The first-order chi connectivity index (χ1) is 11.3. The van der Waals surface area contributed by atoms with Gasteiger partial charge in [0.25, 0.3) is 11.6 Å². The van der Waals surface area contributed by atoms with Crippen LogP contribution in [0.5, 0.6) is 5.75 Å². The highest BCUT2D eigenvalue weighted by Crippen LogP contribution is 2.36. The van der Waals surface area contributed by atoms with E-state index in [9.17, 15) is 14.9 Å². The van der Waals surface area contributed by atoms with Crippen molar-refractivity contribution in [1.29, 1.82) is 0 Å². The lowest BCUT2D eigenvalue weighted by Gasteiger charge is -2.16. The number of ether oxygens (including phenoxy) is 1. The van der Waals surface area contributed by atoms with Crippen molar-refractivity contribution in [3.05, 3.63) is 57.1 Å². The molecule has 0 fully saturated rings. The maximum absolute atomic E-state index is 12.4. The highest BCUT2D eigenvalue weighted by molar-refractivity contribution is 6.34. The van der Waals surface area contributed by atoms with Gasteiger partial charge in [-0.15, -0.1) is 0 Å². The largest absolute Gasteiger partial charge is 0.496 e. The number of nitrogens with zero attached hydrogens (tertiary/aromatic N) is 2. The zero-order chi connectivity index (χ0) is 17.9. The Morgan fingerprint density at radius 1 is 1.29 bits per heavy atom. The Labute approximate surface area is 143 Å². The summed E-state index contributed by atoms with van der Waals surface area (Å²) in [6, 6.07) is 9.42. The molecule has 0 radical (unpaired) electrons. The van der Waals surface area contributed by atoms with Gasteiger partial charge in [-0.05, 0) is 18.2 Å². The van der Waals surface area contributed by atoms with Crippen LogP contribution in [0.1, 0.15) is 10.4 Å². The van der Waals surface area contributed by atoms with Crippen molar-refractivity contribution in [3.8, 4) is 5.75 Å². The van der Waals surface area contributed by atoms with Crippen molar-refractivity contribution >= 4 is 34.6 Å². The molecule has 2 aromatic rings. The Kier molecular flexibility index (Phi) is 5.25. The molecule has 1 N–H and O–H groups in total. The maximum atomic E-state index is 12.4. The quantitative estimate of drug-likeness (QED) is 0.658. The first-order valence-corrected chi connectivity index (χ1v) is 7.32. The van der Waals surface area contributed by atoms with E-state index in [-0.39, 0.29) is 16.4 Å². The Morgan fingerprint density at radius 2 is 1.96 bits per heavy atom. The SMILES string of the molecule is COc1ccccc1C(=O)Nc1cc(N(C)C)c([N+](=O)[O-])cc1Cl. The molecule has 0 atom stereocenters. The summed E-state index contributed by atoms with van der Waals surface area (Å²) >= 11 is 6.09. The van der Waals surface area contributed by atoms with Crippen LogP contribution in [0.15, 0.2) is 36.4 Å². The Morgan fingerprint density at radius 3 is 2.54 bits per heavy atom. The van der Waals surface area contributed by atoms with E-state index in [4.69, 9.17) is 16.3 Å². The zero-order valence-corrected chi connectivity index (χ0v) is 14.1. The van der Waals surface area contributed by atoms with E-state index in [2.05, 4.69) is 5.32 Å². The predicted octanol–water partition coefficient (Wildman–Crippen LogP) is 3.58. The summed E-state index contributed by atoms with van der Waals surface area (Å²) in [5.74, 6) is -0.00576. The average molecular weight is 350 g/mol. The molecular formula is C16H16ClN3O4. The summed E-state index contributed by atoms with van der Waals surface area (Å²) in [5, 5.41) is 13.9. The summed E-state index contributed by atoms with van der Waals surface area (Å²) in [6.07, 6.45) is 0. The van der Waals surface area contributed by atoms with E-state index in [1.807, 2.05) is 0 Å². The van der Waals surface area contributed by atoms with E-state index < -0.39 is 10.8 Å². The predicted molar refractivity (Wildman–Crippen MR) is 93.4 cm³/mol. The van der Waals surface area contributed by atoms with Crippen LogP contribution >= 0.6 is 11.6 Å². The molecule has 0 aliphatic rings. The first kappa shape index (κ1) is 17.6. The third-order valence-electron chi connectivity index (χ3n) is 3.34. The number of carbonyl (C=O) groups excluding carboxylic acids is 1. The molecule has 0 unspecified atom stereocenters. The van der Waals surface area contributed by atoms with Crippen molar-refractivity contribution in [1.82, 2.24) is 0 Å². The van der Waals surface area contributed by atoms with E-state index in [1.54, 1.807) is 43.3 Å². The second-order valence-corrected chi connectivity index (χ2v) is 5.53. The molecule has 0 saturated carbocycles. The molecule has 0 aliphatic heterocycles. The minimum absolute atomic E-state index is 0.0792. The van der Waals surface area contributed by atoms with Gasteiger partial charge in [-0.25, -0.2) is 0 Å². The number of hydrogen-bond acceptors (Lipinski definition) is 5. The van der Waals surface area contributed by atoms with Gasteiger partial charge in [0.05, 0.1) is 28.3 Å². The molecule has 2 aromatic carbocycles. The number of halogens is 1. The van der Waals surface area contributed by atoms with Crippen LogP contribution in [-0.4, -0.2) is 32.0 Å². The normalized spacial score (nSPS) is 10.2. The third-order valence-corrected chi connectivity index (χ3v) is 3.66. The van der Waals surface area contributed by atoms with Gasteiger partial charge in [-0.2, -0.15) is 0 Å². The molecule has 0 saturated heterocycles. The zero-order valence-electron chi connectivity index (χ0n) is 13.4.